The van der Waals surface area contributed by atoms with Crippen LogP contribution in [0.5, 0.6) is 0 Å². The van der Waals surface area contributed by atoms with Gasteiger partial charge in [-0.25, -0.2) is 4.79 Å². The molecule has 0 aliphatic rings. The zero-order chi connectivity index (χ0) is 18.2. The van der Waals surface area contributed by atoms with Crippen molar-refractivity contribution in [1.82, 2.24) is 5.32 Å². The summed E-state index contributed by atoms with van der Waals surface area (Å²) < 4.78 is 5.16. The highest BCUT2D eigenvalue weighted by atomic mass is 32.1. The van der Waals surface area contributed by atoms with Crippen molar-refractivity contribution in [3.05, 3.63) is 40.8 Å². The number of carbonyl (C=O) groups is 2. The first-order valence-electron chi connectivity index (χ1n) is 8.03. The number of benzene rings is 1. The fraction of sp³-hybridized carbons (Fsp3) is 0.333. The first-order chi connectivity index (χ1) is 12.1. The van der Waals surface area contributed by atoms with Crippen LogP contribution in [-0.2, 0) is 9.53 Å². The summed E-state index contributed by atoms with van der Waals surface area (Å²) in [5.41, 5.74) is 3.12. The topological polar surface area (TPSA) is 87.7 Å². The number of esters is 1. The maximum Gasteiger partial charge on any atom is 0.341 e. The molecule has 6 nitrogen and oxygen atoms in total. The zero-order valence-electron chi connectivity index (χ0n) is 14.3. The lowest BCUT2D eigenvalue weighted by atomic mass is 10.0. The zero-order valence-corrected chi connectivity index (χ0v) is 15.1. The normalized spacial score (nSPS) is 10.5. The van der Waals surface area contributed by atoms with E-state index in [1.165, 1.54) is 11.3 Å². The van der Waals surface area contributed by atoms with Gasteiger partial charge in [0.25, 0.3) is 0 Å². The molecule has 0 spiro atoms. The molecule has 0 atom stereocenters. The van der Waals surface area contributed by atoms with Crippen molar-refractivity contribution >= 4 is 28.2 Å². The molecule has 1 aromatic carbocycles. The van der Waals surface area contributed by atoms with E-state index in [-0.39, 0.29) is 25.7 Å². The van der Waals surface area contributed by atoms with Crippen molar-refractivity contribution < 1.29 is 19.4 Å². The number of carbonyl (C=O) groups excluding carboxylic acids is 2. The number of hydrogen-bond donors (Lipinski definition) is 3. The van der Waals surface area contributed by atoms with Crippen molar-refractivity contribution in [1.29, 1.82) is 0 Å². The van der Waals surface area contributed by atoms with Crippen LogP contribution in [0.2, 0.25) is 0 Å². The van der Waals surface area contributed by atoms with E-state index in [4.69, 9.17) is 9.84 Å². The average Bonchev–Trinajstić information content (AvgIpc) is 2.99. The Kier molecular flexibility index (Phi) is 7.12. The molecule has 2 rings (SSSR count). The van der Waals surface area contributed by atoms with Gasteiger partial charge in [-0.2, -0.15) is 0 Å². The van der Waals surface area contributed by atoms with Crippen LogP contribution in [0.1, 0.15) is 22.8 Å². The molecular formula is C18H22N2O4S. The molecule has 0 aliphatic heterocycles. The highest BCUT2D eigenvalue weighted by molar-refractivity contribution is 7.15. The number of ether oxygens (including phenoxy) is 1. The average molecular weight is 362 g/mol. The molecule has 0 fully saturated rings. The minimum Gasteiger partial charge on any atom is -0.462 e. The Hall–Kier alpha value is -2.22. The van der Waals surface area contributed by atoms with Crippen LogP contribution >= 0.6 is 11.3 Å². The highest BCUT2D eigenvalue weighted by Crippen LogP contribution is 2.36. The molecule has 1 heterocycles. The molecular weight excluding hydrogens is 340 g/mol. The van der Waals surface area contributed by atoms with Gasteiger partial charge in [-0.3, -0.25) is 4.79 Å². The van der Waals surface area contributed by atoms with Crippen LogP contribution in [0, 0.1) is 6.92 Å². The fourth-order valence-corrected chi connectivity index (χ4v) is 3.23. The second-order valence-electron chi connectivity index (χ2n) is 5.39. The number of hydrogen-bond acceptors (Lipinski definition) is 6. The Labute approximate surface area is 150 Å². The summed E-state index contributed by atoms with van der Waals surface area (Å²) in [7, 11) is 0. The van der Waals surface area contributed by atoms with Gasteiger partial charge >= 0.3 is 5.97 Å². The van der Waals surface area contributed by atoms with Crippen LogP contribution in [0.3, 0.4) is 0 Å². The number of nitrogens with one attached hydrogen (secondary N) is 2. The number of amides is 1. The predicted octanol–water partition coefficient (Wildman–Crippen LogP) is 2.42. The summed E-state index contributed by atoms with van der Waals surface area (Å²) in [6.07, 6.45) is 0. The molecule has 25 heavy (non-hydrogen) atoms. The number of aliphatic hydroxyl groups excluding tert-OH is 1. The summed E-state index contributed by atoms with van der Waals surface area (Å²) in [4.78, 5) is 24.4. The molecule has 134 valence electrons. The standard InChI is InChI=1S/C18H22N2O4S/c1-3-24-18(23)16-14(13-6-4-12(2)5-7-13)11-25-17(16)20-15(22)10-19-8-9-21/h4-7,11,19,21H,3,8-10H2,1-2H3,(H,20,22). The summed E-state index contributed by atoms with van der Waals surface area (Å²) in [5, 5.41) is 16.6. The lowest BCUT2D eigenvalue weighted by molar-refractivity contribution is -0.115. The van der Waals surface area contributed by atoms with Gasteiger partial charge in [0.05, 0.1) is 19.8 Å². The summed E-state index contributed by atoms with van der Waals surface area (Å²) in [6, 6.07) is 7.82. The maximum absolute atomic E-state index is 12.4. The van der Waals surface area contributed by atoms with E-state index in [0.717, 1.165) is 16.7 Å². The van der Waals surface area contributed by atoms with Gasteiger partial charge in [0.1, 0.15) is 10.6 Å². The smallest absolute Gasteiger partial charge is 0.341 e. The van der Waals surface area contributed by atoms with Crippen molar-refractivity contribution in [2.24, 2.45) is 0 Å². The minimum atomic E-state index is -0.460. The van der Waals surface area contributed by atoms with E-state index in [1.807, 2.05) is 36.6 Å². The summed E-state index contributed by atoms with van der Waals surface area (Å²) >= 11 is 1.29. The third kappa shape index (κ3) is 5.12. The van der Waals surface area contributed by atoms with Crippen molar-refractivity contribution in [3.63, 3.8) is 0 Å². The molecule has 0 radical (unpaired) electrons. The molecule has 0 bridgehead atoms. The van der Waals surface area contributed by atoms with Crippen LogP contribution in [0.25, 0.3) is 11.1 Å². The van der Waals surface area contributed by atoms with E-state index in [9.17, 15) is 9.59 Å². The highest BCUT2D eigenvalue weighted by Gasteiger charge is 2.22. The molecule has 3 N–H and O–H groups in total. The molecule has 1 aromatic heterocycles. The third-order valence-corrected chi connectivity index (χ3v) is 4.36. The molecule has 0 saturated heterocycles. The number of aliphatic hydroxyl groups is 1. The molecule has 0 saturated carbocycles. The number of anilines is 1. The molecule has 0 unspecified atom stereocenters. The fourth-order valence-electron chi connectivity index (χ4n) is 2.25. The van der Waals surface area contributed by atoms with Crippen molar-refractivity contribution in [2.75, 3.05) is 31.6 Å². The molecule has 2 aromatic rings. The molecule has 7 heteroatoms. The largest absolute Gasteiger partial charge is 0.462 e. The van der Waals surface area contributed by atoms with Crippen molar-refractivity contribution in [3.8, 4) is 11.1 Å². The van der Waals surface area contributed by atoms with Gasteiger partial charge in [-0.05, 0) is 19.4 Å². The second-order valence-corrected chi connectivity index (χ2v) is 6.27. The monoisotopic (exact) mass is 362 g/mol. The number of aryl methyl sites for hydroxylation is 1. The van der Waals surface area contributed by atoms with Gasteiger partial charge in [0, 0.05) is 17.5 Å². The Balaban J connectivity index is 2.29. The van der Waals surface area contributed by atoms with Gasteiger partial charge < -0.3 is 20.5 Å². The van der Waals surface area contributed by atoms with Crippen LogP contribution in [0.4, 0.5) is 5.00 Å². The lowest BCUT2D eigenvalue weighted by Gasteiger charge is -2.09. The SMILES string of the molecule is CCOC(=O)c1c(-c2ccc(C)cc2)csc1NC(=O)CNCCO. The van der Waals surface area contributed by atoms with Gasteiger partial charge in [-0.15, -0.1) is 11.3 Å². The Bertz CT molecular complexity index is 725. The van der Waals surface area contributed by atoms with Gasteiger partial charge in [-0.1, -0.05) is 29.8 Å². The number of thiophene rings is 1. The summed E-state index contributed by atoms with van der Waals surface area (Å²) in [6.45, 7) is 4.34. The van der Waals surface area contributed by atoms with E-state index < -0.39 is 5.97 Å². The Morgan fingerprint density at radius 2 is 1.96 bits per heavy atom. The van der Waals surface area contributed by atoms with Crippen LogP contribution in [-0.4, -0.2) is 43.3 Å². The van der Waals surface area contributed by atoms with E-state index in [0.29, 0.717) is 17.1 Å². The second kappa shape index (κ2) is 9.31. The number of rotatable bonds is 8. The lowest BCUT2D eigenvalue weighted by Crippen LogP contribution is -2.30. The van der Waals surface area contributed by atoms with E-state index in [2.05, 4.69) is 10.6 Å². The van der Waals surface area contributed by atoms with Gasteiger partial charge in [0.15, 0.2) is 0 Å². The first-order valence-corrected chi connectivity index (χ1v) is 8.91. The predicted molar refractivity (Wildman–Crippen MR) is 99.0 cm³/mol. The Morgan fingerprint density at radius 3 is 2.60 bits per heavy atom. The van der Waals surface area contributed by atoms with Crippen LogP contribution < -0.4 is 10.6 Å². The van der Waals surface area contributed by atoms with Crippen molar-refractivity contribution in [2.45, 2.75) is 13.8 Å². The quantitative estimate of drug-likeness (QED) is 0.496. The summed E-state index contributed by atoms with van der Waals surface area (Å²) in [5.74, 6) is -0.741. The third-order valence-electron chi connectivity index (χ3n) is 3.46. The maximum atomic E-state index is 12.4. The molecule has 0 aliphatic carbocycles. The van der Waals surface area contributed by atoms with E-state index >= 15 is 0 Å². The van der Waals surface area contributed by atoms with Crippen LogP contribution in [0.15, 0.2) is 29.6 Å². The first kappa shape index (κ1) is 19.1. The van der Waals surface area contributed by atoms with E-state index in [1.54, 1.807) is 6.92 Å². The van der Waals surface area contributed by atoms with Gasteiger partial charge in [0.2, 0.25) is 5.91 Å². The minimum absolute atomic E-state index is 0.0437. The Morgan fingerprint density at radius 1 is 1.24 bits per heavy atom. The molecule has 1 amide bonds.